The van der Waals surface area contributed by atoms with Gasteiger partial charge in [0.25, 0.3) is 0 Å². The number of rotatable bonds is 4. The zero-order chi connectivity index (χ0) is 14.7. The van der Waals surface area contributed by atoms with E-state index < -0.39 is 0 Å². The van der Waals surface area contributed by atoms with E-state index in [-0.39, 0.29) is 5.91 Å². The van der Waals surface area contributed by atoms with Crippen LogP contribution < -0.4 is 5.73 Å². The minimum absolute atomic E-state index is 0.160. The number of likely N-dealkylation sites (tertiary alicyclic amines) is 1. The second-order valence-corrected chi connectivity index (χ2v) is 6.49. The van der Waals surface area contributed by atoms with Crippen molar-refractivity contribution >= 4 is 5.91 Å². The molecule has 1 aliphatic heterocycles. The summed E-state index contributed by atoms with van der Waals surface area (Å²) in [4.78, 5) is 18.1. The van der Waals surface area contributed by atoms with Gasteiger partial charge in [-0.05, 0) is 74.7 Å². The molecule has 1 saturated heterocycles. The molecule has 1 aromatic heterocycles. The standard InChI is InChI=1S/C17H25N3O/c18-17(21)11-13-6-9-20(10-7-13)12-16-15-4-2-1-3-14(15)5-8-19-16/h5,8,13H,1-4,6-7,9-12H2,(H2,18,21). The number of hydrogen-bond donors (Lipinski definition) is 1. The number of hydrogen-bond acceptors (Lipinski definition) is 3. The first kappa shape index (κ1) is 14.5. The SMILES string of the molecule is NC(=O)CC1CCN(Cc2nccc3c2CCCC3)CC1. The molecule has 0 aromatic carbocycles. The largest absolute Gasteiger partial charge is 0.370 e. The van der Waals surface area contributed by atoms with Crippen LogP contribution >= 0.6 is 0 Å². The summed E-state index contributed by atoms with van der Waals surface area (Å²) in [5.74, 6) is 0.323. The second-order valence-electron chi connectivity index (χ2n) is 6.49. The smallest absolute Gasteiger partial charge is 0.217 e. The highest BCUT2D eigenvalue weighted by Crippen LogP contribution is 2.26. The van der Waals surface area contributed by atoms with E-state index in [1.165, 1.54) is 42.5 Å². The van der Waals surface area contributed by atoms with E-state index in [4.69, 9.17) is 5.73 Å². The van der Waals surface area contributed by atoms with Crippen LogP contribution in [0.4, 0.5) is 0 Å². The summed E-state index contributed by atoms with van der Waals surface area (Å²) in [6.45, 7) is 3.08. The highest BCUT2D eigenvalue weighted by molar-refractivity contribution is 5.73. The van der Waals surface area contributed by atoms with Crippen molar-refractivity contribution in [3.8, 4) is 0 Å². The summed E-state index contributed by atoms with van der Waals surface area (Å²) >= 11 is 0. The molecule has 0 radical (unpaired) electrons. The van der Waals surface area contributed by atoms with Gasteiger partial charge in [-0.25, -0.2) is 0 Å². The van der Waals surface area contributed by atoms with Crippen LogP contribution in [0.2, 0.25) is 0 Å². The Kier molecular flexibility index (Phi) is 4.54. The van der Waals surface area contributed by atoms with Crippen LogP contribution in [0.1, 0.15) is 48.9 Å². The third kappa shape index (κ3) is 3.62. The van der Waals surface area contributed by atoms with Gasteiger partial charge in [0.1, 0.15) is 0 Å². The molecule has 0 atom stereocenters. The molecule has 1 aromatic rings. The summed E-state index contributed by atoms with van der Waals surface area (Å²) < 4.78 is 0. The third-order valence-corrected chi connectivity index (χ3v) is 4.94. The Morgan fingerprint density at radius 2 is 2.05 bits per heavy atom. The Morgan fingerprint density at radius 3 is 2.81 bits per heavy atom. The average Bonchev–Trinajstić information content (AvgIpc) is 2.49. The maximum atomic E-state index is 11.0. The van der Waals surface area contributed by atoms with Crippen LogP contribution in [0.25, 0.3) is 0 Å². The van der Waals surface area contributed by atoms with E-state index in [1.807, 2.05) is 6.20 Å². The number of piperidine rings is 1. The molecular weight excluding hydrogens is 262 g/mol. The van der Waals surface area contributed by atoms with Crippen molar-refractivity contribution in [2.24, 2.45) is 11.7 Å². The normalized spacial score (nSPS) is 20.2. The number of carbonyl (C=O) groups is 1. The van der Waals surface area contributed by atoms with Gasteiger partial charge in [-0.1, -0.05) is 0 Å². The van der Waals surface area contributed by atoms with Gasteiger partial charge in [-0.2, -0.15) is 0 Å². The monoisotopic (exact) mass is 287 g/mol. The molecule has 1 aliphatic carbocycles. The first-order chi connectivity index (χ1) is 10.2. The van der Waals surface area contributed by atoms with Crippen LogP contribution in [0.5, 0.6) is 0 Å². The Bertz CT molecular complexity index is 507. The van der Waals surface area contributed by atoms with Gasteiger partial charge >= 0.3 is 0 Å². The molecular formula is C17H25N3O. The van der Waals surface area contributed by atoms with Crippen LogP contribution in [0.15, 0.2) is 12.3 Å². The summed E-state index contributed by atoms with van der Waals surface area (Å²) in [6, 6.07) is 2.19. The van der Waals surface area contributed by atoms with Gasteiger partial charge < -0.3 is 5.73 Å². The number of primary amides is 1. The lowest BCUT2D eigenvalue weighted by atomic mass is 9.90. The Balaban J connectivity index is 1.60. The second kappa shape index (κ2) is 6.56. The first-order valence-corrected chi connectivity index (χ1v) is 8.18. The van der Waals surface area contributed by atoms with E-state index in [2.05, 4.69) is 16.0 Å². The molecule has 3 rings (SSSR count). The number of nitrogens with two attached hydrogens (primary N) is 1. The van der Waals surface area contributed by atoms with Crippen LogP contribution in [-0.2, 0) is 24.2 Å². The lowest BCUT2D eigenvalue weighted by Crippen LogP contribution is -2.35. The fourth-order valence-electron chi connectivity index (χ4n) is 3.72. The maximum absolute atomic E-state index is 11.0. The van der Waals surface area contributed by atoms with E-state index in [0.29, 0.717) is 12.3 Å². The molecule has 0 bridgehead atoms. The van der Waals surface area contributed by atoms with Gasteiger partial charge in [-0.3, -0.25) is 14.7 Å². The summed E-state index contributed by atoms with van der Waals surface area (Å²) in [5.41, 5.74) is 9.59. The predicted molar refractivity (Wildman–Crippen MR) is 82.7 cm³/mol. The predicted octanol–water partition coefficient (Wildman–Crippen LogP) is 2.05. The van der Waals surface area contributed by atoms with Gasteiger partial charge in [0, 0.05) is 19.2 Å². The molecule has 1 amide bonds. The number of fused-ring (bicyclic) bond motifs is 1. The lowest BCUT2D eigenvalue weighted by molar-refractivity contribution is -0.119. The maximum Gasteiger partial charge on any atom is 0.217 e. The van der Waals surface area contributed by atoms with E-state index in [0.717, 1.165) is 32.5 Å². The Labute approximate surface area is 126 Å². The van der Waals surface area contributed by atoms with Gasteiger partial charge in [-0.15, -0.1) is 0 Å². The van der Waals surface area contributed by atoms with E-state index in [9.17, 15) is 4.79 Å². The molecule has 2 N–H and O–H groups in total. The van der Waals surface area contributed by atoms with E-state index >= 15 is 0 Å². The van der Waals surface area contributed by atoms with Gasteiger partial charge in [0.2, 0.25) is 5.91 Å². The molecule has 0 spiro atoms. The Morgan fingerprint density at radius 1 is 1.29 bits per heavy atom. The van der Waals surface area contributed by atoms with Crippen LogP contribution in [-0.4, -0.2) is 28.9 Å². The third-order valence-electron chi connectivity index (χ3n) is 4.94. The molecule has 0 saturated carbocycles. The molecule has 1 fully saturated rings. The fraction of sp³-hybridized carbons (Fsp3) is 0.647. The van der Waals surface area contributed by atoms with Crippen molar-refractivity contribution in [1.82, 2.24) is 9.88 Å². The van der Waals surface area contributed by atoms with Crippen molar-refractivity contribution in [3.63, 3.8) is 0 Å². The molecule has 2 aliphatic rings. The molecule has 114 valence electrons. The van der Waals surface area contributed by atoms with Crippen molar-refractivity contribution in [2.75, 3.05) is 13.1 Å². The molecule has 2 heterocycles. The van der Waals surface area contributed by atoms with Crippen LogP contribution in [0, 0.1) is 5.92 Å². The number of nitrogens with zero attached hydrogens (tertiary/aromatic N) is 2. The van der Waals surface area contributed by atoms with Crippen LogP contribution in [0.3, 0.4) is 0 Å². The van der Waals surface area contributed by atoms with Crippen molar-refractivity contribution in [1.29, 1.82) is 0 Å². The number of carbonyl (C=O) groups excluding carboxylic acids is 1. The van der Waals surface area contributed by atoms with Crippen molar-refractivity contribution < 1.29 is 4.79 Å². The highest BCUT2D eigenvalue weighted by atomic mass is 16.1. The number of amides is 1. The molecule has 0 unspecified atom stereocenters. The first-order valence-electron chi connectivity index (χ1n) is 8.18. The minimum Gasteiger partial charge on any atom is -0.370 e. The van der Waals surface area contributed by atoms with Crippen molar-refractivity contribution in [3.05, 3.63) is 29.1 Å². The quantitative estimate of drug-likeness (QED) is 0.922. The highest BCUT2D eigenvalue weighted by Gasteiger charge is 2.22. The molecule has 4 nitrogen and oxygen atoms in total. The Hall–Kier alpha value is -1.42. The number of pyridine rings is 1. The zero-order valence-electron chi connectivity index (χ0n) is 12.7. The zero-order valence-corrected chi connectivity index (χ0v) is 12.7. The topological polar surface area (TPSA) is 59.2 Å². The summed E-state index contributed by atoms with van der Waals surface area (Å²) in [6.07, 6.45) is 9.70. The lowest BCUT2D eigenvalue weighted by Gasteiger charge is -2.32. The van der Waals surface area contributed by atoms with Crippen molar-refractivity contribution in [2.45, 2.75) is 51.5 Å². The van der Waals surface area contributed by atoms with Gasteiger partial charge in [0.15, 0.2) is 0 Å². The van der Waals surface area contributed by atoms with Gasteiger partial charge in [0.05, 0.1) is 5.69 Å². The number of aromatic nitrogens is 1. The average molecular weight is 287 g/mol. The summed E-state index contributed by atoms with van der Waals surface area (Å²) in [7, 11) is 0. The fourth-order valence-corrected chi connectivity index (χ4v) is 3.72. The summed E-state index contributed by atoms with van der Waals surface area (Å²) in [5, 5.41) is 0. The molecule has 21 heavy (non-hydrogen) atoms. The van der Waals surface area contributed by atoms with E-state index in [1.54, 1.807) is 0 Å². The molecule has 4 heteroatoms. The minimum atomic E-state index is -0.160. The number of aryl methyl sites for hydroxylation is 1.